The zero-order chi connectivity index (χ0) is 7.68. The Balaban J connectivity index is 2.46. The molecule has 0 saturated carbocycles. The molecule has 1 N–H and O–H groups in total. The van der Waals surface area contributed by atoms with Gasteiger partial charge >= 0.3 is 0 Å². The highest BCUT2D eigenvalue weighted by atomic mass is 17.2. The maximum absolute atomic E-state index is 7.00. The highest BCUT2D eigenvalue weighted by molar-refractivity contribution is 5.65. The van der Waals surface area contributed by atoms with Crippen molar-refractivity contribution in [3.63, 3.8) is 0 Å². The molecule has 3 nitrogen and oxygen atoms in total. The summed E-state index contributed by atoms with van der Waals surface area (Å²) in [5, 5.41) is 7.00. The van der Waals surface area contributed by atoms with Crippen LogP contribution in [0.1, 0.15) is 11.7 Å². The van der Waals surface area contributed by atoms with Crippen LogP contribution in [-0.4, -0.2) is 6.21 Å². The third kappa shape index (κ3) is 0.897. The van der Waals surface area contributed by atoms with E-state index in [1.807, 2.05) is 24.3 Å². The van der Waals surface area contributed by atoms with Crippen LogP contribution in [0.15, 0.2) is 24.3 Å². The molecule has 1 aliphatic heterocycles. The lowest BCUT2D eigenvalue weighted by Crippen LogP contribution is -1.96. The van der Waals surface area contributed by atoms with Gasteiger partial charge in [-0.2, -0.15) is 4.89 Å². The lowest BCUT2D eigenvalue weighted by atomic mass is 10.1. The van der Waals surface area contributed by atoms with Crippen molar-refractivity contribution in [3.8, 4) is 5.75 Å². The van der Waals surface area contributed by atoms with E-state index in [-0.39, 0.29) is 6.10 Å². The van der Waals surface area contributed by atoms with Gasteiger partial charge in [0.25, 0.3) is 0 Å². The number of fused-ring (bicyclic) bond motifs is 1. The highest BCUT2D eigenvalue weighted by Crippen LogP contribution is 2.32. The van der Waals surface area contributed by atoms with Crippen molar-refractivity contribution < 1.29 is 9.78 Å². The molecule has 2 rings (SSSR count). The second kappa shape index (κ2) is 2.36. The smallest absolute Gasteiger partial charge is 0.171 e. The predicted molar refractivity (Wildman–Crippen MR) is 39.7 cm³/mol. The summed E-state index contributed by atoms with van der Waals surface area (Å²) in [6.07, 6.45) is 0.887. The Hall–Kier alpha value is -1.35. The molecule has 1 heterocycles. The van der Waals surface area contributed by atoms with Crippen LogP contribution in [0.25, 0.3) is 0 Å². The van der Waals surface area contributed by atoms with Crippen molar-refractivity contribution >= 4 is 6.21 Å². The molecule has 3 heteroatoms. The monoisotopic (exact) mass is 149 g/mol. The molecule has 0 aliphatic carbocycles. The second-order valence-electron chi connectivity index (χ2n) is 2.30. The minimum atomic E-state index is -0.328. The molecule has 0 amide bonds. The molecule has 0 fully saturated rings. The Morgan fingerprint density at radius 1 is 1.36 bits per heavy atom. The van der Waals surface area contributed by atoms with E-state index in [1.165, 1.54) is 6.21 Å². The molecule has 56 valence electrons. The summed E-state index contributed by atoms with van der Waals surface area (Å²) in [4.78, 5) is 9.68. The Kier molecular flexibility index (Phi) is 1.36. The zero-order valence-electron chi connectivity index (χ0n) is 5.78. The minimum Gasteiger partial charge on any atom is -0.336 e. The number of benzene rings is 1. The van der Waals surface area contributed by atoms with Crippen molar-refractivity contribution in [2.45, 2.75) is 6.10 Å². The highest BCUT2D eigenvalue weighted by Gasteiger charge is 2.22. The molecule has 1 aromatic rings. The summed E-state index contributed by atoms with van der Waals surface area (Å²) in [6.45, 7) is 0. The van der Waals surface area contributed by atoms with Gasteiger partial charge in [-0.05, 0) is 6.07 Å². The molecule has 0 spiro atoms. The lowest BCUT2D eigenvalue weighted by molar-refractivity contribution is -0.203. The third-order valence-electron chi connectivity index (χ3n) is 1.62. The maximum atomic E-state index is 7.00. The number of nitrogens with one attached hydrogen (secondary N) is 1. The lowest BCUT2D eigenvalue weighted by Gasteiger charge is -1.95. The van der Waals surface area contributed by atoms with E-state index in [0.29, 0.717) is 5.75 Å². The average molecular weight is 149 g/mol. The van der Waals surface area contributed by atoms with E-state index in [0.717, 1.165) is 5.56 Å². The number of hydrogen-bond acceptors (Lipinski definition) is 3. The largest absolute Gasteiger partial charge is 0.336 e. The quantitative estimate of drug-likeness (QED) is 0.487. The van der Waals surface area contributed by atoms with Gasteiger partial charge in [-0.3, -0.25) is 0 Å². The van der Waals surface area contributed by atoms with E-state index >= 15 is 0 Å². The average Bonchev–Trinajstić information content (AvgIpc) is 2.47. The van der Waals surface area contributed by atoms with Gasteiger partial charge in [-0.15, -0.1) is 0 Å². The van der Waals surface area contributed by atoms with Crippen molar-refractivity contribution in [3.05, 3.63) is 29.8 Å². The summed E-state index contributed by atoms with van der Waals surface area (Å²) in [7, 11) is 0. The molecule has 1 aliphatic rings. The van der Waals surface area contributed by atoms with Gasteiger partial charge in [0.15, 0.2) is 11.9 Å². The molecule has 1 atom stereocenters. The van der Waals surface area contributed by atoms with Crippen LogP contribution in [0.2, 0.25) is 0 Å². The maximum Gasteiger partial charge on any atom is 0.171 e. The van der Waals surface area contributed by atoms with Crippen molar-refractivity contribution in [1.29, 1.82) is 5.41 Å². The topological polar surface area (TPSA) is 42.3 Å². The Labute approximate surface area is 64.0 Å². The molecule has 0 saturated heterocycles. The number of rotatable bonds is 1. The van der Waals surface area contributed by atoms with Crippen LogP contribution < -0.4 is 4.89 Å². The first-order valence-corrected chi connectivity index (χ1v) is 3.34. The fourth-order valence-corrected chi connectivity index (χ4v) is 1.06. The van der Waals surface area contributed by atoms with E-state index in [1.54, 1.807) is 0 Å². The van der Waals surface area contributed by atoms with Gasteiger partial charge in [0.05, 0.1) is 0 Å². The van der Waals surface area contributed by atoms with Gasteiger partial charge in [0.2, 0.25) is 0 Å². The first-order valence-electron chi connectivity index (χ1n) is 3.34. The van der Waals surface area contributed by atoms with Crippen LogP contribution in [-0.2, 0) is 4.89 Å². The van der Waals surface area contributed by atoms with E-state index in [4.69, 9.17) is 15.2 Å². The van der Waals surface area contributed by atoms with Gasteiger partial charge in [0.1, 0.15) is 0 Å². The van der Waals surface area contributed by atoms with E-state index in [2.05, 4.69) is 0 Å². The van der Waals surface area contributed by atoms with Crippen molar-refractivity contribution in [2.75, 3.05) is 0 Å². The molecule has 11 heavy (non-hydrogen) atoms. The van der Waals surface area contributed by atoms with Gasteiger partial charge in [-0.1, -0.05) is 18.2 Å². The van der Waals surface area contributed by atoms with Crippen LogP contribution in [0.3, 0.4) is 0 Å². The fraction of sp³-hybridized carbons (Fsp3) is 0.125. The summed E-state index contributed by atoms with van der Waals surface area (Å²) >= 11 is 0. The van der Waals surface area contributed by atoms with E-state index < -0.39 is 0 Å². The van der Waals surface area contributed by atoms with Crippen LogP contribution in [0.5, 0.6) is 5.75 Å². The molecule has 0 bridgehead atoms. The molecule has 0 aromatic heterocycles. The SMILES string of the molecule is N=CC1OOc2ccccc21. The Bertz CT molecular complexity index is 285. The van der Waals surface area contributed by atoms with Crippen LogP contribution >= 0.6 is 0 Å². The number of para-hydroxylation sites is 1. The second-order valence-corrected chi connectivity index (χ2v) is 2.30. The third-order valence-corrected chi connectivity index (χ3v) is 1.62. The standard InChI is InChI=1S/C8H7NO2/c9-5-8-6-3-1-2-4-7(6)10-11-8/h1-5,8-9H. The van der Waals surface area contributed by atoms with Crippen LogP contribution in [0.4, 0.5) is 0 Å². The van der Waals surface area contributed by atoms with Gasteiger partial charge in [-0.25, -0.2) is 0 Å². The Morgan fingerprint density at radius 3 is 3.00 bits per heavy atom. The first-order chi connectivity index (χ1) is 5.42. The Morgan fingerprint density at radius 2 is 2.18 bits per heavy atom. The van der Waals surface area contributed by atoms with Crippen LogP contribution in [0, 0.1) is 5.41 Å². The fourth-order valence-electron chi connectivity index (χ4n) is 1.06. The summed E-state index contributed by atoms with van der Waals surface area (Å²) in [6, 6.07) is 7.47. The first kappa shape index (κ1) is 6.37. The molecule has 1 unspecified atom stereocenters. The summed E-state index contributed by atoms with van der Waals surface area (Å²) in [5.41, 5.74) is 0.919. The number of hydrogen-bond donors (Lipinski definition) is 1. The molecular formula is C8H7NO2. The van der Waals surface area contributed by atoms with Gasteiger partial charge < -0.3 is 10.3 Å². The normalized spacial score (nSPS) is 20.5. The molecular weight excluding hydrogens is 142 g/mol. The predicted octanol–water partition coefficient (Wildman–Crippen LogP) is 1.70. The van der Waals surface area contributed by atoms with E-state index in [9.17, 15) is 0 Å². The van der Waals surface area contributed by atoms with Crippen molar-refractivity contribution in [2.24, 2.45) is 0 Å². The summed E-state index contributed by atoms with van der Waals surface area (Å²) in [5.74, 6) is 0.709. The van der Waals surface area contributed by atoms with Crippen molar-refractivity contribution in [1.82, 2.24) is 0 Å². The van der Waals surface area contributed by atoms with Gasteiger partial charge in [0, 0.05) is 11.8 Å². The molecule has 1 aromatic carbocycles. The zero-order valence-corrected chi connectivity index (χ0v) is 5.78. The summed E-state index contributed by atoms with van der Waals surface area (Å²) < 4.78 is 0. The minimum absolute atomic E-state index is 0.328. The molecule has 0 radical (unpaired) electrons.